The van der Waals surface area contributed by atoms with Gasteiger partial charge in [0.05, 0.1) is 12.6 Å². The number of aliphatic hydroxyl groups is 1. The maximum Gasteiger partial charge on any atom is 0.318 e. The molecule has 6 nitrogen and oxygen atoms in total. The van der Waals surface area contributed by atoms with E-state index in [4.69, 9.17) is 4.42 Å². The van der Waals surface area contributed by atoms with Crippen LogP contribution in [0, 0.1) is 0 Å². The predicted octanol–water partition coefficient (Wildman–Crippen LogP) is 0.529. The standard InChI is InChI=1S/C11H20N4O2/c1-11(2,3)12-6-9-13-14-10(17-9)15-5-4-8(16)7-15/h8,12,16H,4-7H2,1-3H3. The summed E-state index contributed by atoms with van der Waals surface area (Å²) >= 11 is 0. The minimum absolute atomic E-state index is 0.0263. The largest absolute Gasteiger partial charge is 0.407 e. The molecule has 2 N–H and O–H groups in total. The number of aliphatic hydroxyl groups excluding tert-OH is 1. The fraction of sp³-hybridized carbons (Fsp3) is 0.818. The summed E-state index contributed by atoms with van der Waals surface area (Å²) in [5, 5.41) is 20.7. The maximum atomic E-state index is 9.43. The Balaban J connectivity index is 1.92. The van der Waals surface area contributed by atoms with Crippen LogP contribution in [0.4, 0.5) is 6.01 Å². The van der Waals surface area contributed by atoms with Gasteiger partial charge in [-0.1, -0.05) is 5.10 Å². The zero-order valence-electron chi connectivity index (χ0n) is 10.6. The van der Waals surface area contributed by atoms with E-state index in [0.29, 0.717) is 25.0 Å². The van der Waals surface area contributed by atoms with Gasteiger partial charge in [0.1, 0.15) is 0 Å². The molecule has 17 heavy (non-hydrogen) atoms. The molecular weight excluding hydrogens is 220 g/mol. The SMILES string of the molecule is CC(C)(C)NCc1nnc(N2CCC(O)C2)o1. The Bertz CT molecular complexity index is 372. The number of nitrogens with zero attached hydrogens (tertiary/aromatic N) is 3. The van der Waals surface area contributed by atoms with Gasteiger partial charge in [-0.2, -0.15) is 0 Å². The van der Waals surface area contributed by atoms with Crippen LogP contribution in [0.5, 0.6) is 0 Å². The lowest BCUT2D eigenvalue weighted by Crippen LogP contribution is -2.35. The summed E-state index contributed by atoms with van der Waals surface area (Å²) in [4.78, 5) is 1.91. The highest BCUT2D eigenvalue weighted by atomic mass is 16.4. The Hall–Kier alpha value is -1.14. The van der Waals surface area contributed by atoms with Gasteiger partial charge in [-0.3, -0.25) is 0 Å². The van der Waals surface area contributed by atoms with Crippen LogP contribution in [-0.4, -0.2) is 40.0 Å². The van der Waals surface area contributed by atoms with E-state index in [0.717, 1.165) is 13.0 Å². The van der Waals surface area contributed by atoms with Crippen molar-refractivity contribution in [2.45, 2.75) is 45.4 Å². The van der Waals surface area contributed by atoms with Crippen molar-refractivity contribution in [2.75, 3.05) is 18.0 Å². The van der Waals surface area contributed by atoms with Gasteiger partial charge < -0.3 is 19.7 Å². The highest BCUT2D eigenvalue weighted by Crippen LogP contribution is 2.18. The molecule has 1 saturated heterocycles. The van der Waals surface area contributed by atoms with E-state index in [2.05, 4.69) is 36.3 Å². The molecule has 0 amide bonds. The van der Waals surface area contributed by atoms with Crippen LogP contribution in [-0.2, 0) is 6.54 Å². The van der Waals surface area contributed by atoms with Gasteiger partial charge >= 0.3 is 6.01 Å². The van der Waals surface area contributed by atoms with Crippen LogP contribution in [0.15, 0.2) is 4.42 Å². The van der Waals surface area contributed by atoms with Crippen LogP contribution < -0.4 is 10.2 Å². The second-order valence-electron chi connectivity index (χ2n) is 5.47. The third-order valence-electron chi connectivity index (χ3n) is 2.66. The molecule has 1 aliphatic heterocycles. The summed E-state index contributed by atoms with van der Waals surface area (Å²) in [7, 11) is 0. The Labute approximate surface area is 101 Å². The average molecular weight is 240 g/mol. The lowest BCUT2D eigenvalue weighted by Gasteiger charge is -2.18. The number of β-amino-alcohol motifs (C(OH)–C–C–N with tert-alkyl or cyclic N) is 1. The molecule has 1 fully saturated rings. The van der Waals surface area contributed by atoms with Crippen LogP contribution in [0.3, 0.4) is 0 Å². The number of rotatable bonds is 3. The first kappa shape index (κ1) is 12.3. The van der Waals surface area contributed by atoms with Gasteiger partial charge in [0, 0.05) is 18.6 Å². The predicted molar refractivity (Wildman–Crippen MR) is 63.7 cm³/mol. The van der Waals surface area contributed by atoms with Gasteiger partial charge in [-0.05, 0) is 27.2 Å². The van der Waals surface area contributed by atoms with E-state index in [-0.39, 0.29) is 11.6 Å². The fourth-order valence-corrected chi connectivity index (χ4v) is 1.70. The molecule has 1 aliphatic rings. The summed E-state index contributed by atoms with van der Waals surface area (Å²) in [5.41, 5.74) is 0.0263. The first-order chi connectivity index (χ1) is 7.94. The number of anilines is 1. The molecule has 0 aromatic carbocycles. The van der Waals surface area contributed by atoms with Gasteiger partial charge in [0.2, 0.25) is 5.89 Å². The normalized spacial score (nSPS) is 21.2. The van der Waals surface area contributed by atoms with E-state index < -0.39 is 0 Å². The van der Waals surface area contributed by atoms with Gasteiger partial charge in [0.15, 0.2) is 0 Å². The molecule has 0 bridgehead atoms. The molecule has 96 valence electrons. The zero-order chi connectivity index (χ0) is 12.5. The van der Waals surface area contributed by atoms with Crippen LogP contribution in [0.2, 0.25) is 0 Å². The van der Waals surface area contributed by atoms with Crippen molar-refractivity contribution < 1.29 is 9.52 Å². The highest BCUT2D eigenvalue weighted by Gasteiger charge is 2.24. The lowest BCUT2D eigenvalue weighted by molar-refractivity contribution is 0.198. The fourth-order valence-electron chi connectivity index (χ4n) is 1.70. The molecule has 1 aromatic rings. The third-order valence-corrected chi connectivity index (χ3v) is 2.66. The minimum Gasteiger partial charge on any atom is -0.407 e. The highest BCUT2D eigenvalue weighted by molar-refractivity contribution is 5.26. The molecule has 1 atom stereocenters. The summed E-state index contributed by atoms with van der Waals surface area (Å²) in [6.07, 6.45) is 0.482. The van der Waals surface area contributed by atoms with Crippen molar-refractivity contribution in [3.63, 3.8) is 0 Å². The van der Waals surface area contributed by atoms with Crippen molar-refractivity contribution in [3.8, 4) is 0 Å². The second-order valence-corrected chi connectivity index (χ2v) is 5.47. The molecule has 0 radical (unpaired) electrons. The molecule has 0 spiro atoms. The van der Waals surface area contributed by atoms with Crippen molar-refractivity contribution in [1.29, 1.82) is 0 Å². The molecule has 1 unspecified atom stereocenters. The van der Waals surface area contributed by atoms with E-state index >= 15 is 0 Å². The number of aromatic nitrogens is 2. The first-order valence-corrected chi connectivity index (χ1v) is 5.94. The van der Waals surface area contributed by atoms with Crippen molar-refractivity contribution >= 4 is 6.01 Å². The molecule has 2 heterocycles. The van der Waals surface area contributed by atoms with E-state index in [9.17, 15) is 5.11 Å². The van der Waals surface area contributed by atoms with E-state index in [1.54, 1.807) is 0 Å². The Morgan fingerprint density at radius 3 is 2.82 bits per heavy atom. The lowest BCUT2D eigenvalue weighted by atomic mass is 10.1. The average Bonchev–Trinajstić information content (AvgIpc) is 2.81. The van der Waals surface area contributed by atoms with Gasteiger partial charge in [-0.15, -0.1) is 5.10 Å². The quantitative estimate of drug-likeness (QED) is 0.802. The summed E-state index contributed by atoms with van der Waals surface area (Å²) in [6, 6.07) is 0.507. The van der Waals surface area contributed by atoms with Crippen molar-refractivity contribution in [2.24, 2.45) is 0 Å². The van der Waals surface area contributed by atoms with Crippen molar-refractivity contribution in [3.05, 3.63) is 5.89 Å². The third kappa shape index (κ3) is 3.41. The van der Waals surface area contributed by atoms with Crippen molar-refractivity contribution in [1.82, 2.24) is 15.5 Å². The van der Waals surface area contributed by atoms with Crippen LogP contribution in [0.1, 0.15) is 33.1 Å². The topological polar surface area (TPSA) is 74.4 Å². The second kappa shape index (κ2) is 4.62. The van der Waals surface area contributed by atoms with Crippen LogP contribution in [0.25, 0.3) is 0 Å². The van der Waals surface area contributed by atoms with Crippen LogP contribution >= 0.6 is 0 Å². The number of hydrogen-bond acceptors (Lipinski definition) is 6. The monoisotopic (exact) mass is 240 g/mol. The maximum absolute atomic E-state index is 9.43. The summed E-state index contributed by atoms with van der Waals surface area (Å²) in [5.74, 6) is 0.580. The van der Waals surface area contributed by atoms with E-state index in [1.807, 2.05) is 4.90 Å². The molecule has 1 aromatic heterocycles. The molecule has 2 rings (SSSR count). The van der Waals surface area contributed by atoms with Gasteiger partial charge in [-0.25, -0.2) is 0 Å². The summed E-state index contributed by atoms with van der Waals surface area (Å²) < 4.78 is 5.54. The smallest absolute Gasteiger partial charge is 0.318 e. The van der Waals surface area contributed by atoms with Gasteiger partial charge in [0.25, 0.3) is 0 Å². The van der Waals surface area contributed by atoms with E-state index in [1.165, 1.54) is 0 Å². The first-order valence-electron chi connectivity index (χ1n) is 5.94. The Morgan fingerprint density at radius 1 is 1.47 bits per heavy atom. The summed E-state index contributed by atoms with van der Waals surface area (Å²) in [6.45, 7) is 8.17. The molecular formula is C11H20N4O2. The Kier molecular flexibility index (Phi) is 3.35. The number of nitrogens with one attached hydrogen (secondary N) is 1. The molecule has 0 saturated carbocycles. The zero-order valence-corrected chi connectivity index (χ0v) is 10.6. The molecule has 6 heteroatoms. The number of hydrogen-bond donors (Lipinski definition) is 2. The Morgan fingerprint density at radius 2 is 2.24 bits per heavy atom. The minimum atomic E-state index is -0.280. The molecule has 0 aliphatic carbocycles.